The lowest BCUT2D eigenvalue weighted by molar-refractivity contribution is 0.160. The highest BCUT2D eigenvalue weighted by Crippen LogP contribution is 2.45. The Balaban J connectivity index is 1.16. The van der Waals surface area contributed by atoms with Gasteiger partial charge in [0.25, 0.3) is 0 Å². The maximum atomic E-state index is 11.9. The fraction of sp³-hybridized carbons (Fsp3) is 0.500. The average molecular weight is 579 g/mol. The number of sulfone groups is 1. The Labute approximate surface area is 236 Å². The highest BCUT2D eigenvalue weighted by Gasteiger charge is 2.51. The minimum absolute atomic E-state index is 0.247. The number of halogens is 1. The molecular weight excluding hydrogens is 552 g/mol. The summed E-state index contributed by atoms with van der Waals surface area (Å²) in [4.78, 5) is 13.9. The van der Waals surface area contributed by atoms with Crippen LogP contribution in [0.3, 0.4) is 0 Å². The molecular formula is C26H27ClN10O2S. The van der Waals surface area contributed by atoms with Gasteiger partial charge in [0.05, 0.1) is 45.7 Å². The predicted molar refractivity (Wildman–Crippen MR) is 150 cm³/mol. The zero-order valence-corrected chi connectivity index (χ0v) is 23.2. The van der Waals surface area contributed by atoms with Crippen LogP contribution in [0.25, 0.3) is 5.65 Å². The van der Waals surface area contributed by atoms with Crippen LogP contribution in [0.1, 0.15) is 43.2 Å². The van der Waals surface area contributed by atoms with Gasteiger partial charge in [-0.25, -0.2) is 8.42 Å². The average Bonchev–Trinajstić information content (AvgIpc) is 3.87. The fourth-order valence-electron chi connectivity index (χ4n) is 5.99. The van der Waals surface area contributed by atoms with Crippen LogP contribution in [0.2, 0.25) is 5.02 Å². The summed E-state index contributed by atoms with van der Waals surface area (Å²) in [5.41, 5.74) is 2.45. The van der Waals surface area contributed by atoms with Gasteiger partial charge in [-0.05, 0) is 44.2 Å². The number of fused-ring (bicyclic) bond motifs is 2. The molecule has 206 valence electrons. The van der Waals surface area contributed by atoms with Crippen molar-refractivity contribution in [2.45, 2.75) is 56.3 Å². The Morgan fingerprint density at radius 2 is 1.82 bits per heavy atom. The number of nitriles is 2. The number of hydrogen-bond acceptors (Lipinski definition) is 11. The number of nitrogens with one attached hydrogen (secondary N) is 2. The van der Waals surface area contributed by atoms with E-state index in [0.29, 0.717) is 64.4 Å². The van der Waals surface area contributed by atoms with Crippen LogP contribution in [0, 0.1) is 22.7 Å². The van der Waals surface area contributed by atoms with Gasteiger partial charge in [-0.3, -0.25) is 4.90 Å². The molecule has 2 unspecified atom stereocenters. The van der Waals surface area contributed by atoms with Crippen LogP contribution in [0.4, 0.5) is 23.3 Å². The second-order valence-corrected chi connectivity index (χ2v) is 13.7. The maximum absolute atomic E-state index is 11.9. The number of piperazine rings is 1. The van der Waals surface area contributed by atoms with Gasteiger partial charge >= 0.3 is 0 Å². The van der Waals surface area contributed by atoms with E-state index in [9.17, 15) is 18.9 Å². The highest BCUT2D eigenvalue weighted by atomic mass is 35.5. The Hall–Kier alpha value is -3.65. The topological polar surface area (TPSA) is 155 Å². The molecule has 2 atom stereocenters. The summed E-state index contributed by atoms with van der Waals surface area (Å²) in [6, 6.07) is 9.08. The number of benzene rings is 1. The summed E-state index contributed by atoms with van der Waals surface area (Å²) in [5, 5.41) is 30.6. The zero-order valence-electron chi connectivity index (χ0n) is 21.6. The molecule has 2 saturated carbocycles. The Kier molecular flexibility index (Phi) is 6.00. The molecule has 7 rings (SSSR count). The molecule has 4 fully saturated rings. The van der Waals surface area contributed by atoms with E-state index in [4.69, 9.17) is 11.6 Å². The maximum Gasteiger partial charge on any atom is 0.232 e. The van der Waals surface area contributed by atoms with Gasteiger partial charge in [-0.2, -0.15) is 30.1 Å². The molecule has 0 amide bonds. The summed E-state index contributed by atoms with van der Waals surface area (Å²) in [7, 11) is -2.90. The lowest BCUT2D eigenvalue weighted by atomic mass is 10.1. The van der Waals surface area contributed by atoms with Crippen molar-refractivity contribution in [2.24, 2.45) is 0 Å². The number of hydrogen-bond donors (Lipinski definition) is 2. The molecule has 4 heterocycles. The van der Waals surface area contributed by atoms with E-state index in [1.165, 1.54) is 10.7 Å². The van der Waals surface area contributed by atoms with Crippen LogP contribution in [0.15, 0.2) is 18.3 Å². The predicted octanol–water partition coefficient (Wildman–Crippen LogP) is 2.68. The summed E-state index contributed by atoms with van der Waals surface area (Å²) in [5.74, 6) is 1.26. The van der Waals surface area contributed by atoms with Gasteiger partial charge in [0.15, 0.2) is 5.65 Å². The van der Waals surface area contributed by atoms with Gasteiger partial charge in [0, 0.05) is 37.3 Å². The summed E-state index contributed by atoms with van der Waals surface area (Å²) < 4.78 is 25.4. The normalized spacial score (nSPS) is 24.2. The molecule has 2 N–H and O–H groups in total. The SMILES string of the molecule is N#Cc1cc(Nc2nc(NC3CC3)n3ncc(C#N)c3n2)c(Cl)c(N2CCN(C3CCS(=O)(=O)CC3)C3CC32)c1. The minimum atomic E-state index is -2.90. The van der Waals surface area contributed by atoms with Crippen molar-refractivity contribution in [3.05, 3.63) is 34.5 Å². The Morgan fingerprint density at radius 1 is 1.02 bits per heavy atom. The second kappa shape index (κ2) is 9.47. The Morgan fingerprint density at radius 3 is 2.55 bits per heavy atom. The number of rotatable bonds is 6. The second-order valence-electron chi connectivity index (χ2n) is 11.0. The van der Waals surface area contributed by atoms with E-state index in [1.54, 1.807) is 6.07 Å². The van der Waals surface area contributed by atoms with Gasteiger partial charge in [0.1, 0.15) is 21.5 Å². The lowest BCUT2D eigenvalue weighted by Gasteiger charge is -2.41. The van der Waals surface area contributed by atoms with Crippen LogP contribution < -0.4 is 15.5 Å². The van der Waals surface area contributed by atoms with Crippen LogP contribution >= 0.6 is 11.6 Å². The number of aromatic nitrogens is 4. The molecule has 0 radical (unpaired) electrons. The van der Waals surface area contributed by atoms with Crippen molar-refractivity contribution >= 4 is 50.4 Å². The first kappa shape index (κ1) is 25.3. The third-order valence-corrected chi connectivity index (χ3v) is 10.4. The van der Waals surface area contributed by atoms with Gasteiger partial charge in [-0.1, -0.05) is 11.6 Å². The molecule has 2 aromatic heterocycles. The largest absolute Gasteiger partial charge is 0.364 e. The third-order valence-electron chi connectivity index (χ3n) is 8.28. The molecule has 1 aromatic carbocycles. The lowest BCUT2D eigenvalue weighted by Crippen LogP contribution is -2.52. The van der Waals surface area contributed by atoms with Crippen molar-refractivity contribution in [1.29, 1.82) is 10.5 Å². The monoisotopic (exact) mass is 578 g/mol. The van der Waals surface area contributed by atoms with E-state index in [0.717, 1.165) is 38.0 Å². The molecule has 40 heavy (non-hydrogen) atoms. The first-order valence-corrected chi connectivity index (χ1v) is 15.7. The van der Waals surface area contributed by atoms with Gasteiger partial charge in [0.2, 0.25) is 11.9 Å². The minimum Gasteiger partial charge on any atom is -0.364 e. The first-order valence-electron chi connectivity index (χ1n) is 13.5. The van der Waals surface area contributed by atoms with E-state index >= 15 is 0 Å². The van der Waals surface area contributed by atoms with Crippen LogP contribution in [-0.2, 0) is 9.84 Å². The van der Waals surface area contributed by atoms with Crippen molar-refractivity contribution in [1.82, 2.24) is 24.5 Å². The van der Waals surface area contributed by atoms with E-state index in [2.05, 4.69) is 47.6 Å². The number of anilines is 4. The molecule has 0 bridgehead atoms. The van der Waals surface area contributed by atoms with E-state index in [-0.39, 0.29) is 23.5 Å². The molecule has 0 spiro atoms. The molecule has 3 aromatic rings. The molecule has 2 aliphatic carbocycles. The van der Waals surface area contributed by atoms with Crippen LogP contribution in [-0.4, -0.2) is 81.7 Å². The zero-order chi connectivity index (χ0) is 27.6. The standard InChI is InChI=1S/C26H27ClN10O2S/c27-23-19(32-25-33-24-16(13-29)14-30-37(24)26(34-25)31-17-1-2-17)9-15(12-28)10-22(23)36-6-5-35(20-11-21(20)36)18-3-7-40(38,39)8-4-18/h9-10,14,17-18,20-21H,1-8,11H2,(H2,31,32,33,34). The highest BCUT2D eigenvalue weighted by molar-refractivity contribution is 7.91. The number of nitrogens with zero attached hydrogens (tertiary/aromatic N) is 8. The van der Waals surface area contributed by atoms with Crippen molar-refractivity contribution in [2.75, 3.05) is 40.1 Å². The fourth-order valence-corrected chi connectivity index (χ4v) is 7.72. The van der Waals surface area contributed by atoms with E-state index in [1.807, 2.05) is 6.07 Å². The summed E-state index contributed by atoms with van der Waals surface area (Å²) in [6.07, 6.45) is 5.90. The molecule has 12 nitrogen and oxygen atoms in total. The van der Waals surface area contributed by atoms with Gasteiger partial charge in [-0.15, -0.1) is 0 Å². The quantitative estimate of drug-likeness (QED) is 0.443. The Bertz CT molecular complexity index is 1690. The molecule has 2 saturated heterocycles. The molecule has 14 heteroatoms. The smallest absolute Gasteiger partial charge is 0.232 e. The van der Waals surface area contributed by atoms with Crippen molar-refractivity contribution < 1.29 is 8.42 Å². The molecule has 4 aliphatic rings. The summed E-state index contributed by atoms with van der Waals surface area (Å²) in [6.45, 7) is 1.55. The van der Waals surface area contributed by atoms with Crippen molar-refractivity contribution in [3.63, 3.8) is 0 Å². The van der Waals surface area contributed by atoms with E-state index < -0.39 is 9.84 Å². The first-order chi connectivity index (χ1) is 19.3. The van der Waals surface area contributed by atoms with Crippen LogP contribution in [0.5, 0.6) is 0 Å². The van der Waals surface area contributed by atoms with Gasteiger partial charge < -0.3 is 15.5 Å². The summed E-state index contributed by atoms with van der Waals surface area (Å²) >= 11 is 6.98. The van der Waals surface area contributed by atoms with Crippen molar-refractivity contribution in [3.8, 4) is 12.1 Å². The third kappa shape index (κ3) is 4.58. The molecule has 2 aliphatic heterocycles.